The summed E-state index contributed by atoms with van der Waals surface area (Å²) in [5.41, 5.74) is 1.98. The zero-order chi connectivity index (χ0) is 19.0. The summed E-state index contributed by atoms with van der Waals surface area (Å²) in [4.78, 5) is 11.4. The lowest BCUT2D eigenvalue weighted by atomic mass is 9.99. The Morgan fingerprint density at radius 3 is 2.61 bits per heavy atom. The average Bonchev–Trinajstić information content (AvgIpc) is 3.05. The molecule has 0 radical (unpaired) electrons. The van der Waals surface area contributed by atoms with Crippen molar-refractivity contribution >= 4 is 24.0 Å². The van der Waals surface area contributed by atoms with Crippen molar-refractivity contribution in [3.63, 3.8) is 0 Å². The fourth-order valence-electron chi connectivity index (χ4n) is 3.81. The number of benzene rings is 1. The first kappa shape index (κ1) is 20.8. The smallest absolute Gasteiger partial charge is 0.324 e. The Kier molecular flexibility index (Phi) is 6.12. The molecule has 0 bridgehead atoms. The summed E-state index contributed by atoms with van der Waals surface area (Å²) in [6, 6.07) is 5.95. The third-order valence-electron chi connectivity index (χ3n) is 5.26. The highest BCUT2D eigenvalue weighted by molar-refractivity contribution is 5.85. The first-order valence-electron chi connectivity index (χ1n) is 9.15. The van der Waals surface area contributed by atoms with Gasteiger partial charge in [0.05, 0.1) is 11.3 Å². The standard InChI is InChI=1S/C19H22F3N5.ClH/c1-12-8-16(6-7-23-12)27-10-13-9-24-18(26-17(13)11-27)25-15-4-2-14(3-5-15)19(20,21)22;/h2-5,9,12,16,23H,6-8,10-11H2,1H3,(H,24,25,26);1H/t12-,16-;/m1./s1. The van der Waals surface area contributed by atoms with Crippen LogP contribution in [0, 0.1) is 0 Å². The number of piperidine rings is 1. The van der Waals surface area contributed by atoms with E-state index in [1.807, 2.05) is 6.20 Å². The van der Waals surface area contributed by atoms with Crippen molar-refractivity contribution in [3.8, 4) is 0 Å². The zero-order valence-corrected chi connectivity index (χ0v) is 16.3. The number of alkyl halides is 3. The maximum absolute atomic E-state index is 12.7. The van der Waals surface area contributed by atoms with Crippen molar-refractivity contribution in [2.24, 2.45) is 0 Å². The SMILES string of the molecule is C[C@@H]1C[C@H](N2Cc3cnc(Nc4ccc(C(F)(F)F)cc4)nc3C2)CCN1.Cl. The predicted octanol–water partition coefficient (Wildman–Crippen LogP) is 4.12. The molecule has 5 nitrogen and oxygen atoms in total. The van der Waals surface area contributed by atoms with Gasteiger partial charge in [-0.05, 0) is 50.6 Å². The van der Waals surface area contributed by atoms with Gasteiger partial charge >= 0.3 is 6.18 Å². The number of nitrogens with one attached hydrogen (secondary N) is 2. The minimum Gasteiger partial charge on any atom is -0.324 e. The Balaban J connectivity index is 0.00000225. The molecule has 0 aliphatic carbocycles. The number of fused-ring (bicyclic) bond motifs is 1. The molecule has 2 N–H and O–H groups in total. The van der Waals surface area contributed by atoms with Crippen LogP contribution < -0.4 is 10.6 Å². The summed E-state index contributed by atoms with van der Waals surface area (Å²) < 4.78 is 38.0. The van der Waals surface area contributed by atoms with Crippen molar-refractivity contribution in [1.29, 1.82) is 0 Å². The quantitative estimate of drug-likeness (QED) is 0.792. The van der Waals surface area contributed by atoms with Crippen LogP contribution in [0.2, 0.25) is 0 Å². The van der Waals surface area contributed by atoms with Gasteiger partial charge in [-0.1, -0.05) is 0 Å². The summed E-state index contributed by atoms with van der Waals surface area (Å²) in [7, 11) is 0. The summed E-state index contributed by atoms with van der Waals surface area (Å²) in [6.07, 6.45) is -0.266. The topological polar surface area (TPSA) is 53.1 Å². The van der Waals surface area contributed by atoms with Crippen LogP contribution in [-0.2, 0) is 19.3 Å². The van der Waals surface area contributed by atoms with E-state index in [4.69, 9.17) is 0 Å². The Morgan fingerprint density at radius 2 is 1.93 bits per heavy atom. The third-order valence-corrected chi connectivity index (χ3v) is 5.26. The van der Waals surface area contributed by atoms with Gasteiger partial charge in [-0.2, -0.15) is 13.2 Å². The van der Waals surface area contributed by atoms with Gasteiger partial charge in [-0.25, -0.2) is 9.97 Å². The highest BCUT2D eigenvalue weighted by Crippen LogP contribution is 2.31. The molecule has 0 saturated carbocycles. The average molecular weight is 414 g/mol. The molecule has 2 atom stereocenters. The summed E-state index contributed by atoms with van der Waals surface area (Å²) >= 11 is 0. The predicted molar refractivity (Wildman–Crippen MR) is 104 cm³/mol. The van der Waals surface area contributed by atoms with Crippen molar-refractivity contribution in [1.82, 2.24) is 20.2 Å². The number of halogens is 4. The minimum atomic E-state index is -4.34. The Bertz CT molecular complexity index is 812. The molecule has 152 valence electrons. The fraction of sp³-hybridized carbons (Fsp3) is 0.474. The van der Waals surface area contributed by atoms with Crippen molar-refractivity contribution in [2.45, 2.75) is 51.1 Å². The molecule has 3 heterocycles. The van der Waals surface area contributed by atoms with Gasteiger partial charge in [-0.3, -0.25) is 4.90 Å². The van der Waals surface area contributed by atoms with Gasteiger partial charge in [0.1, 0.15) is 0 Å². The van der Waals surface area contributed by atoms with Gasteiger partial charge in [0.2, 0.25) is 5.95 Å². The monoisotopic (exact) mass is 413 g/mol. The molecule has 0 spiro atoms. The molecule has 0 unspecified atom stereocenters. The molecule has 2 aliphatic heterocycles. The molecule has 1 aromatic heterocycles. The van der Waals surface area contributed by atoms with E-state index in [0.717, 1.165) is 55.9 Å². The second-order valence-corrected chi connectivity index (χ2v) is 7.30. The van der Waals surface area contributed by atoms with Crippen molar-refractivity contribution < 1.29 is 13.2 Å². The number of rotatable bonds is 3. The van der Waals surface area contributed by atoms with Gasteiger partial charge in [0.25, 0.3) is 0 Å². The molecule has 1 aromatic carbocycles. The van der Waals surface area contributed by atoms with E-state index in [1.165, 1.54) is 12.1 Å². The minimum absolute atomic E-state index is 0. The first-order valence-corrected chi connectivity index (χ1v) is 9.15. The highest BCUT2D eigenvalue weighted by atomic mass is 35.5. The highest BCUT2D eigenvalue weighted by Gasteiger charge is 2.31. The van der Waals surface area contributed by atoms with E-state index in [9.17, 15) is 13.2 Å². The maximum atomic E-state index is 12.7. The molecule has 0 amide bonds. The molecule has 9 heteroatoms. The van der Waals surface area contributed by atoms with E-state index < -0.39 is 11.7 Å². The number of aromatic nitrogens is 2. The van der Waals surface area contributed by atoms with Gasteiger partial charge in [0, 0.05) is 42.6 Å². The molecule has 1 fully saturated rings. The zero-order valence-electron chi connectivity index (χ0n) is 15.5. The Hall–Kier alpha value is -1.90. The van der Waals surface area contributed by atoms with Crippen LogP contribution in [0.3, 0.4) is 0 Å². The lowest BCUT2D eigenvalue weighted by Gasteiger charge is -2.34. The van der Waals surface area contributed by atoms with E-state index in [2.05, 4.69) is 32.4 Å². The van der Waals surface area contributed by atoms with Crippen LogP contribution in [0.1, 0.15) is 36.6 Å². The van der Waals surface area contributed by atoms with E-state index >= 15 is 0 Å². The van der Waals surface area contributed by atoms with E-state index in [0.29, 0.717) is 23.7 Å². The normalized spacial score (nSPS) is 22.4. The van der Waals surface area contributed by atoms with Gasteiger partial charge < -0.3 is 10.6 Å². The summed E-state index contributed by atoms with van der Waals surface area (Å²) in [5.74, 6) is 0.411. The molecule has 2 aromatic rings. The Labute approximate surface area is 168 Å². The molecular weight excluding hydrogens is 391 g/mol. The van der Waals surface area contributed by atoms with Crippen LogP contribution in [0.5, 0.6) is 0 Å². The van der Waals surface area contributed by atoms with Crippen LogP contribution in [-0.4, -0.2) is 33.5 Å². The lowest BCUT2D eigenvalue weighted by Crippen LogP contribution is -2.45. The second kappa shape index (κ2) is 8.23. The largest absolute Gasteiger partial charge is 0.416 e. The van der Waals surface area contributed by atoms with Crippen LogP contribution in [0.25, 0.3) is 0 Å². The maximum Gasteiger partial charge on any atom is 0.416 e. The lowest BCUT2D eigenvalue weighted by molar-refractivity contribution is -0.137. The Morgan fingerprint density at radius 1 is 1.18 bits per heavy atom. The van der Waals surface area contributed by atoms with E-state index in [1.54, 1.807) is 0 Å². The van der Waals surface area contributed by atoms with Gasteiger partial charge in [-0.15, -0.1) is 12.4 Å². The summed E-state index contributed by atoms with van der Waals surface area (Å²) in [6.45, 7) is 4.89. The van der Waals surface area contributed by atoms with Crippen LogP contribution in [0.15, 0.2) is 30.5 Å². The fourth-order valence-corrected chi connectivity index (χ4v) is 3.81. The van der Waals surface area contributed by atoms with Crippen molar-refractivity contribution in [3.05, 3.63) is 47.3 Å². The van der Waals surface area contributed by atoms with Crippen LogP contribution >= 0.6 is 12.4 Å². The van der Waals surface area contributed by atoms with Gasteiger partial charge in [0.15, 0.2) is 0 Å². The molecular formula is C19H23ClF3N5. The third kappa shape index (κ3) is 4.56. The molecule has 1 saturated heterocycles. The molecule has 28 heavy (non-hydrogen) atoms. The number of hydrogen-bond donors (Lipinski definition) is 2. The first-order chi connectivity index (χ1) is 12.9. The van der Waals surface area contributed by atoms with Crippen molar-refractivity contribution in [2.75, 3.05) is 11.9 Å². The second-order valence-electron chi connectivity index (χ2n) is 7.30. The molecule has 2 aliphatic rings. The van der Waals surface area contributed by atoms with Crippen LogP contribution in [0.4, 0.5) is 24.8 Å². The molecule has 4 rings (SSSR count). The number of anilines is 2. The number of hydrogen-bond acceptors (Lipinski definition) is 5. The van der Waals surface area contributed by atoms with E-state index in [-0.39, 0.29) is 12.4 Å². The number of nitrogens with zero attached hydrogens (tertiary/aromatic N) is 3. The summed E-state index contributed by atoms with van der Waals surface area (Å²) in [5, 5.41) is 6.47.